The molecule has 0 amide bonds. The standard InChI is InChI=1S/C11H14O4/c1-3-15-11(14)7(2)8-5-4-6-9(12)10(8)13/h4-7,12-13H,3H2,1-2H3. The molecule has 0 bridgehead atoms. The molecule has 15 heavy (non-hydrogen) atoms. The highest BCUT2D eigenvalue weighted by Gasteiger charge is 2.20. The molecule has 0 heterocycles. The Bertz CT molecular complexity index is 360. The van der Waals surface area contributed by atoms with Crippen LogP contribution >= 0.6 is 0 Å². The maximum absolute atomic E-state index is 11.4. The van der Waals surface area contributed by atoms with Crippen molar-refractivity contribution in [3.8, 4) is 11.5 Å². The van der Waals surface area contributed by atoms with Crippen LogP contribution in [0, 0.1) is 0 Å². The Hall–Kier alpha value is -1.71. The van der Waals surface area contributed by atoms with E-state index in [-0.39, 0.29) is 11.5 Å². The third kappa shape index (κ3) is 2.40. The third-order valence-electron chi connectivity index (χ3n) is 2.15. The minimum absolute atomic E-state index is 0.233. The predicted molar refractivity (Wildman–Crippen MR) is 54.8 cm³/mol. The number of hydrogen-bond donors (Lipinski definition) is 2. The molecular weight excluding hydrogens is 196 g/mol. The zero-order chi connectivity index (χ0) is 11.4. The molecule has 0 aliphatic heterocycles. The molecule has 1 rings (SSSR count). The first-order valence-electron chi connectivity index (χ1n) is 4.75. The molecule has 0 spiro atoms. The van der Waals surface area contributed by atoms with E-state index in [1.807, 2.05) is 0 Å². The number of ether oxygens (including phenoxy) is 1. The van der Waals surface area contributed by atoms with Crippen LogP contribution < -0.4 is 0 Å². The summed E-state index contributed by atoms with van der Waals surface area (Å²) < 4.78 is 4.82. The summed E-state index contributed by atoms with van der Waals surface area (Å²) in [5, 5.41) is 18.8. The van der Waals surface area contributed by atoms with Gasteiger partial charge in [-0.2, -0.15) is 0 Å². The van der Waals surface area contributed by atoms with Crippen LogP contribution in [-0.2, 0) is 9.53 Å². The smallest absolute Gasteiger partial charge is 0.313 e. The number of phenolic OH excluding ortho intramolecular Hbond substituents is 2. The quantitative estimate of drug-likeness (QED) is 0.589. The van der Waals surface area contributed by atoms with Crippen LogP contribution in [0.2, 0.25) is 0 Å². The lowest BCUT2D eigenvalue weighted by atomic mass is 10.00. The lowest BCUT2D eigenvalue weighted by molar-refractivity contribution is -0.144. The van der Waals surface area contributed by atoms with Gasteiger partial charge in [0.15, 0.2) is 11.5 Å². The number of esters is 1. The van der Waals surface area contributed by atoms with Crippen molar-refractivity contribution >= 4 is 5.97 Å². The van der Waals surface area contributed by atoms with E-state index in [4.69, 9.17) is 4.74 Å². The molecule has 0 aliphatic rings. The van der Waals surface area contributed by atoms with E-state index in [0.29, 0.717) is 12.2 Å². The Morgan fingerprint density at radius 1 is 1.47 bits per heavy atom. The van der Waals surface area contributed by atoms with Crippen molar-refractivity contribution in [1.82, 2.24) is 0 Å². The number of rotatable bonds is 3. The van der Waals surface area contributed by atoms with Gasteiger partial charge in [0.2, 0.25) is 0 Å². The van der Waals surface area contributed by atoms with Gasteiger partial charge in [0.05, 0.1) is 12.5 Å². The molecule has 0 saturated heterocycles. The number of benzene rings is 1. The molecule has 4 heteroatoms. The second-order valence-electron chi connectivity index (χ2n) is 3.19. The Morgan fingerprint density at radius 2 is 2.13 bits per heavy atom. The topological polar surface area (TPSA) is 66.8 Å². The van der Waals surface area contributed by atoms with Crippen molar-refractivity contribution < 1.29 is 19.7 Å². The van der Waals surface area contributed by atoms with Crippen LogP contribution in [-0.4, -0.2) is 22.8 Å². The molecule has 4 nitrogen and oxygen atoms in total. The summed E-state index contributed by atoms with van der Waals surface area (Å²) in [5.41, 5.74) is 0.369. The Morgan fingerprint density at radius 3 is 2.73 bits per heavy atom. The summed E-state index contributed by atoms with van der Waals surface area (Å²) in [6, 6.07) is 4.51. The van der Waals surface area contributed by atoms with Crippen molar-refractivity contribution in [3.63, 3.8) is 0 Å². The second-order valence-corrected chi connectivity index (χ2v) is 3.19. The molecule has 0 aliphatic carbocycles. The molecule has 2 N–H and O–H groups in total. The molecule has 1 atom stereocenters. The van der Waals surface area contributed by atoms with E-state index < -0.39 is 11.9 Å². The van der Waals surface area contributed by atoms with E-state index >= 15 is 0 Å². The lowest BCUT2D eigenvalue weighted by Crippen LogP contribution is -2.13. The van der Waals surface area contributed by atoms with Crippen LogP contribution in [0.15, 0.2) is 18.2 Å². The lowest BCUT2D eigenvalue weighted by Gasteiger charge is -2.12. The van der Waals surface area contributed by atoms with Gasteiger partial charge in [-0.05, 0) is 19.9 Å². The molecule has 82 valence electrons. The SMILES string of the molecule is CCOC(=O)C(C)c1cccc(O)c1O. The van der Waals surface area contributed by atoms with E-state index in [0.717, 1.165) is 0 Å². The van der Waals surface area contributed by atoms with Gasteiger partial charge in [0, 0.05) is 5.56 Å². The van der Waals surface area contributed by atoms with E-state index in [2.05, 4.69) is 0 Å². The third-order valence-corrected chi connectivity index (χ3v) is 2.15. The monoisotopic (exact) mass is 210 g/mol. The Labute approximate surface area is 88.1 Å². The highest BCUT2D eigenvalue weighted by Crippen LogP contribution is 2.33. The zero-order valence-electron chi connectivity index (χ0n) is 8.73. The summed E-state index contributed by atoms with van der Waals surface area (Å²) in [7, 11) is 0. The number of phenols is 2. The molecule has 1 unspecified atom stereocenters. The molecular formula is C11H14O4. The predicted octanol–water partition coefficient (Wildman–Crippen LogP) is 1.76. The minimum atomic E-state index is -0.586. The van der Waals surface area contributed by atoms with Gasteiger partial charge in [-0.15, -0.1) is 0 Å². The van der Waals surface area contributed by atoms with E-state index in [9.17, 15) is 15.0 Å². The number of aromatic hydroxyl groups is 2. The first-order chi connectivity index (χ1) is 7.07. The van der Waals surface area contributed by atoms with Crippen molar-refractivity contribution in [2.75, 3.05) is 6.61 Å². The highest BCUT2D eigenvalue weighted by atomic mass is 16.5. The molecule has 0 fully saturated rings. The summed E-state index contributed by atoms with van der Waals surface area (Å²) in [6.45, 7) is 3.63. The van der Waals surface area contributed by atoms with Gasteiger partial charge in [-0.25, -0.2) is 0 Å². The van der Waals surface area contributed by atoms with Gasteiger partial charge < -0.3 is 14.9 Å². The van der Waals surface area contributed by atoms with Gasteiger partial charge in [-0.3, -0.25) is 4.79 Å². The van der Waals surface area contributed by atoms with Crippen molar-refractivity contribution in [2.45, 2.75) is 19.8 Å². The van der Waals surface area contributed by atoms with Crippen LogP contribution in [0.4, 0.5) is 0 Å². The normalized spacial score (nSPS) is 12.1. The highest BCUT2D eigenvalue weighted by molar-refractivity contribution is 5.79. The molecule has 1 aromatic rings. The van der Waals surface area contributed by atoms with E-state index in [1.54, 1.807) is 26.0 Å². The summed E-state index contributed by atoms with van der Waals surface area (Å²) in [6.07, 6.45) is 0. The van der Waals surface area contributed by atoms with Gasteiger partial charge in [0.1, 0.15) is 0 Å². The van der Waals surface area contributed by atoms with Gasteiger partial charge in [-0.1, -0.05) is 12.1 Å². The minimum Gasteiger partial charge on any atom is -0.504 e. The van der Waals surface area contributed by atoms with Crippen LogP contribution in [0.25, 0.3) is 0 Å². The average molecular weight is 210 g/mol. The van der Waals surface area contributed by atoms with Crippen LogP contribution in [0.3, 0.4) is 0 Å². The second kappa shape index (κ2) is 4.68. The van der Waals surface area contributed by atoms with Gasteiger partial charge in [0.25, 0.3) is 0 Å². The molecule has 0 radical (unpaired) electrons. The number of hydrogen-bond acceptors (Lipinski definition) is 4. The summed E-state index contributed by atoms with van der Waals surface area (Å²) >= 11 is 0. The maximum atomic E-state index is 11.4. The van der Waals surface area contributed by atoms with Crippen molar-refractivity contribution in [3.05, 3.63) is 23.8 Å². The first-order valence-corrected chi connectivity index (χ1v) is 4.75. The first kappa shape index (κ1) is 11.4. The molecule has 0 saturated carbocycles. The van der Waals surface area contributed by atoms with Gasteiger partial charge >= 0.3 is 5.97 Å². The average Bonchev–Trinajstić information content (AvgIpc) is 2.21. The Kier molecular flexibility index (Phi) is 3.55. The molecule has 0 aromatic heterocycles. The van der Waals surface area contributed by atoms with E-state index in [1.165, 1.54) is 6.07 Å². The summed E-state index contributed by atoms with van der Waals surface area (Å²) in [5.74, 6) is -1.50. The fraction of sp³-hybridized carbons (Fsp3) is 0.364. The zero-order valence-corrected chi connectivity index (χ0v) is 8.73. The fourth-order valence-electron chi connectivity index (χ4n) is 1.29. The van der Waals surface area contributed by atoms with Crippen LogP contribution in [0.5, 0.6) is 11.5 Å². The number of carbonyl (C=O) groups is 1. The van der Waals surface area contributed by atoms with Crippen molar-refractivity contribution in [1.29, 1.82) is 0 Å². The summed E-state index contributed by atoms with van der Waals surface area (Å²) in [4.78, 5) is 11.4. The fourth-order valence-corrected chi connectivity index (χ4v) is 1.29. The molecule has 1 aromatic carbocycles. The number of para-hydroxylation sites is 1. The van der Waals surface area contributed by atoms with Crippen molar-refractivity contribution in [2.24, 2.45) is 0 Å². The largest absolute Gasteiger partial charge is 0.504 e. The van der Waals surface area contributed by atoms with Crippen LogP contribution in [0.1, 0.15) is 25.3 Å². The Balaban J connectivity index is 2.96. The number of carbonyl (C=O) groups excluding carboxylic acids is 1. The maximum Gasteiger partial charge on any atom is 0.313 e.